The van der Waals surface area contributed by atoms with Crippen molar-refractivity contribution < 1.29 is 9.53 Å². The van der Waals surface area contributed by atoms with E-state index in [9.17, 15) is 4.79 Å². The molecule has 0 aliphatic carbocycles. The lowest BCUT2D eigenvalue weighted by Gasteiger charge is -1.96. The zero-order chi connectivity index (χ0) is 13.7. The van der Waals surface area contributed by atoms with Crippen LogP contribution in [0.1, 0.15) is 18.4 Å². The molecule has 1 aromatic carbocycles. The fourth-order valence-corrected chi connectivity index (χ4v) is 2.56. The fraction of sp³-hybridized carbons (Fsp3) is 0.286. The minimum Gasteiger partial charge on any atom is -0.497 e. The summed E-state index contributed by atoms with van der Waals surface area (Å²) in [6, 6.07) is 5.85. The van der Waals surface area contributed by atoms with Crippen molar-refractivity contribution in [1.82, 2.24) is 10.3 Å². The summed E-state index contributed by atoms with van der Waals surface area (Å²) in [6.45, 7) is 2.18. The lowest BCUT2D eigenvalue weighted by atomic mass is 10.3. The largest absolute Gasteiger partial charge is 0.497 e. The Balaban J connectivity index is 2.01. The Morgan fingerprint density at radius 1 is 1.53 bits per heavy atom. The molecule has 0 saturated carbocycles. The topological polar surface area (TPSA) is 51.2 Å². The van der Waals surface area contributed by atoms with E-state index >= 15 is 0 Å². The molecule has 1 amide bonds. The van der Waals surface area contributed by atoms with E-state index in [2.05, 4.69) is 10.3 Å². The van der Waals surface area contributed by atoms with Gasteiger partial charge in [0.25, 0.3) is 0 Å². The van der Waals surface area contributed by atoms with Crippen molar-refractivity contribution in [3.63, 3.8) is 0 Å². The van der Waals surface area contributed by atoms with Gasteiger partial charge in [0, 0.05) is 13.5 Å². The number of carbonyl (C=O) groups is 1. The van der Waals surface area contributed by atoms with E-state index in [0.29, 0.717) is 6.54 Å². The summed E-state index contributed by atoms with van der Waals surface area (Å²) in [5.41, 5.74) is 0.979. The molecule has 4 nitrogen and oxygen atoms in total. The van der Waals surface area contributed by atoms with Gasteiger partial charge in [0.05, 0.1) is 17.3 Å². The van der Waals surface area contributed by atoms with Crippen LogP contribution >= 0.6 is 11.3 Å². The Morgan fingerprint density at radius 3 is 3.11 bits per heavy atom. The molecule has 0 saturated heterocycles. The van der Waals surface area contributed by atoms with Crippen LogP contribution in [0.5, 0.6) is 5.75 Å². The molecule has 100 valence electrons. The maximum Gasteiger partial charge on any atom is 0.216 e. The molecule has 1 N–H and O–H groups in total. The molecular weight excluding hydrogens is 260 g/mol. The van der Waals surface area contributed by atoms with Crippen molar-refractivity contribution in [2.45, 2.75) is 13.3 Å². The highest BCUT2D eigenvalue weighted by Crippen LogP contribution is 2.26. The van der Waals surface area contributed by atoms with Crippen molar-refractivity contribution in [2.75, 3.05) is 13.7 Å². The average Bonchev–Trinajstić information content (AvgIpc) is 2.79. The molecule has 0 fully saturated rings. The molecule has 0 unspecified atom stereocenters. The first-order valence-corrected chi connectivity index (χ1v) is 6.86. The van der Waals surface area contributed by atoms with E-state index in [1.807, 2.05) is 30.4 Å². The number of fused-ring (bicyclic) bond motifs is 1. The number of methoxy groups -OCH3 is 1. The summed E-state index contributed by atoms with van der Waals surface area (Å²) >= 11 is 1.63. The number of hydrogen-bond acceptors (Lipinski definition) is 4. The molecule has 1 heterocycles. The van der Waals surface area contributed by atoms with Gasteiger partial charge >= 0.3 is 0 Å². The predicted octanol–water partition coefficient (Wildman–Crippen LogP) is 2.84. The molecule has 2 rings (SSSR count). The molecule has 0 radical (unpaired) electrons. The van der Waals surface area contributed by atoms with Crippen molar-refractivity contribution in [2.24, 2.45) is 0 Å². The summed E-state index contributed by atoms with van der Waals surface area (Å²) in [7, 11) is 1.66. The second-order valence-corrected chi connectivity index (χ2v) is 5.12. The fourth-order valence-electron chi connectivity index (χ4n) is 1.64. The van der Waals surface area contributed by atoms with Crippen molar-refractivity contribution in [3.8, 4) is 5.75 Å². The van der Waals surface area contributed by atoms with E-state index in [1.165, 1.54) is 6.92 Å². The molecule has 0 spiro atoms. The van der Waals surface area contributed by atoms with Crippen LogP contribution in [0.3, 0.4) is 0 Å². The zero-order valence-electron chi connectivity index (χ0n) is 11.0. The van der Waals surface area contributed by atoms with Crippen LogP contribution in [-0.2, 0) is 4.79 Å². The van der Waals surface area contributed by atoms with Crippen LogP contribution in [0.25, 0.3) is 16.3 Å². The third kappa shape index (κ3) is 3.79. The molecular formula is C14H16N2O2S. The van der Waals surface area contributed by atoms with E-state index in [4.69, 9.17) is 4.74 Å². The van der Waals surface area contributed by atoms with E-state index in [-0.39, 0.29) is 5.91 Å². The summed E-state index contributed by atoms with van der Waals surface area (Å²) in [6.07, 6.45) is 4.81. The van der Waals surface area contributed by atoms with Gasteiger partial charge in [-0.1, -0.05) is 6.08 Å². The normalized spacial score (nSPS) is 11.1. The van der Waals surface area contributed by atoms with Crippen LogP contribution in [-0.4, -0.2) is 24.5 Å². The molecule has 0 bridgehead atoms. The Labute approximate surface area is 116 Å². The first-order chi connectivity index (χ1) is 9.19. The SMILES string of the molecule is COc1ccc2nc(C=CCCNC(C)=O)sc2c1. The molecule has 5 heteroatoms. The van der Waals surface area contributed by atoms with E-state index in [0.717, 1.165) is 27.4 Å². The summed E-state index contributed by atoms with van der Waals surface area (Å²) in [4.78, 5) is 15.2. The minimum atomic E-state index is 0.000446. The zero-order valence-corrected chi connectivity index (χ0v) is 11.8. The second kappa shape index (κ2) is 6.33. The van der Waals surface area contributed by atoms with Gasteiger partial charge in [-0.2, -0.15) is 0 Å². The van der Waals surface area contributed by atoms with Crippen molar-refractivity contribution in [3.05, 3.63) is 29.3 Å². The van der Waals surface area contributed by atoms with Gasteiger partial charge in [-0.3, -0.25) is 4.79 Å². The number of thiazole rings is 1. The highest BCUT2D eigenvalue weighted by atomic mass is 32.1. The van der Waals surface area contributed by atoms with Crippen LogP contribution < -0.4 is 10.1 Å². The highest BCUT2D eigenvalue weighted by molar-refractivity contribution is 7.19. The molecule has 19 heavy (non-hydrogen) atoms. The van der Waals surface area contributed by atoms with Gasteiger partial charge in [-0.25, -0.2) is 4.98 Å². The first kappa shape index (κ1) is 13.5. The molecule has 0 atom stereocenters. The molecule has 0 aliphatic rings. The Morgan fingerprint density at radius 2 is 2.37 bits per heavy atom. The Bertz CT molecular complexity index is 605. The van der Waals surface area contributed by atoms with Crippen molar-refractivity contribution >= 4 is 33.5 Å². The maximum absolute atomic E-state index is 10.7. The van der Waals surface area contributed by atoms with Crippen LogP contribution in [0.2, 0.25) is 0 Å². The molecule has 0 aliphatic heterocycles. The Kier molecular flexibility index (Phi) is 4.52. The first-order valence-electron chi connectivity index (χ1n) is 6.04. The average molecular weight is 276 g/mol. The lowest BCUT2D eigenvalue weighted by molar-refractivity contribution is -0.118. The van der Waals surface area contributed by atoms with Crippen molar-refractivity contribution in [1.29, 1.82) is 0 Å². The number of hydrogen-bond donors (Lipinski definition) is 1. The monoisotopic (exact) mass is 276 g/mol. The van der Waals surface area contributed by atoms with Gasteiger partial charge in [0.2, 0.25) is 5.91 Å². The number of ether oxygens (including phenoxy) is 1. The van der Waals surface area contributed by atoms with Crippen LogP contribution in [0.4, 0.5) is 0 Å². The third-order valence-corrected chi connectivity index (χ3v) is 3.54. The minimum absolute atomic E-state index is 0.000446. The third-order valence-electron chi connectivity index (χ3n) is 2.56. The predicted molar refractivity (Wildman–Crippen MR) is 78.5 cm³/mol. The maximum atomic E-state index is 10.7. The van der Waals surface area contributed by atoms with E-state index in [1.54, 1.807) is 18.4 Å². The summed E-state index contributed by atoms with van der Waals surface area (Å²) in [5, 5.41) is 3.71. The van der Waals surface area contributed by atoms with Gasteiger partial charge in [-0.05, 0) is 30.7 Å². The van der Waals surface area contributed by atoms with Gasteiger partial charge in [0.15, 0.2) is 0 Å². The summed E-state index contributed by atoms with van der Waals surface area (Å²) < 4.78 is 6.30. The molecule has 2 aromatic rings. The van der Waals surface area contributed by atoms with Gasteiger partial charge in [-0.15, -0.1) is 11.3 Å². The standard InChI is InChI=1S/C14H16N2O2S/c1-10(17)15-8-4-3-5-14-16-12-7-6-11(18-2)9-13(12)19-14/h3,5-7,9H,4,8H2,1-2H3,(H,15,17). The van der Waals surface area contributed by atoms with E-state index < -0.39 is 0 Å². The Hall–Kier alpha value is -1.88. The van der Waals surface area contributed by atoms with Crippen LogP contribution in [0, 0.1) is 0 Å². The number of nitrogens with zero attached hydrogens (tertiary/aromatic N) is 1. The molecule has 1 aromatic heterocycles. The quantitative estimate of drug-likeness (QED) is 0.854. The highest BCUT2D eigenvalue weighted by Gasteiger charge is 2.02. The second-order valence-electron chi connectivity index (χ2n) is 4.06. The van der Waals surface area contributed by atoms with Gasteiger partial charge < -0.3 is 10.1 Å². The smallest absolute Gasteiger partial charge is 0.216 e. The number of nitrogens with one attached hydrogen (secondary N) is 1. The summed E-state index contributed by atoms with van der Waals surface area (Å²) in [5.74, 6) is 0.845. The van der Waals surface area contributed by atoms with Gasteiger partial charge in [0.1, 0.15) is 10.8 Å². The number of carbonyl (C=O) groups excluding carboxylic acids is 1. The number of benzene rings is 1. The number of rotatable bonds is 5. The number of amides is 1. The van der Waals surface area contributed by atoms with Crippen LogP contribution in [0.15, 0.2) is 24.3 Å². The number of aromatic nitrogens is 1. The lowest BCUT2D eigenvalue weighted by Crippen LogP contribution is -2.20.